The summed E-state index contributed by atoms with van der Waals surface area (Å²) in [6, 6.07) is 4.61. The van der Waals surface area contributed by atoms with E-state index in [2.05, 4.69) is 0 Å². The van der Waals surface area contributed by atoms with E-state index in [1.165, 1.54) is 24.6 Å². The summed E-state index contributed by atoms with van der Waals surface area (Å²) in [5, 5.41) is 0. The van der Waals surface area contributed by atoms with Gasteiger partial charge in [-0.3, -0.25) is 0 Å². The second-order valence-electron chi connectivity index (χ2n) is 4.66. The molecular weight excluding hydrogens is 316 g/mol. The summed E-state index contributed by atoms with van der Waals surface area (Å²) in [6.45, 7) is 0.816. The number of methoxy groups -OCH3 is 2. The Labute approximate surface area is 131 Å². The number of sulfonamides is 1. The fourth-order valence-electron chi connectivity index (χ4n) is 2.47. The third-order valence-corrected chi connectivity index (χ3v) is 5.53. The molecule has 1 saturated heterocycles. The molecule has 0 aromatic heterocycles. The predicted molar refractivity (Wildman–Crippen MR) is 82.8 cm³/mol. The Morgan fingerprint density at radius 1 is 1.33 bits per heavy atom. The van der Waals surface area contributed by atoms with Crippen LogP contribution in [0.25, 0.3) is 0 Å². The van der Waals surface area contributed by atoms with E-state index in [1.54, 1.807) is 12.1 Å². The Kier molecular flexibility index (Phi) is 6.27. The van der Waals surface area contributed by atoms with Crippen LogP contribution in [0, 0.1) is 0 Å². The molecule has 0 aliphatic carbocycles. The highest BCUT2D eigenvalue weighted by Gasteiger charge is 2.36. The summed E-state index contributed by atoms with van der Waals surface area (Å²) in [5.74, 6) is 0.793. The summed E-state index contributed by atoms with van der Waals surface area (Å²) in [4.78, 5) is 0.125. The lowest BCUT2D eigenvalue weighted by Gasteiger charge is -2.24. The molecule has 1 aliphatic rings. The van der Waals surface area contributed by atoms with Crippen molar-refractivity contribution < 1.29 is 17.9 Å². The van der Waals surface area contributed by atoms with E-state index in [9.17, 15) is 8.42 Å². The number of nitrogens with two attached hydrogens (primary N) is 1. The van der Waals surface area contributed by atoms with Crippen LogP contribution in [-0.4, -0.2) is 46.1 Å². The zero-order valence-electron chi connectivity index (χ0n) is 12.1. The number of halogens is 1. The van der Waals surface area contributed by atoms with Crippen molar-refractivity contribution in [1.82, 2.24) is 4.31 Å². The second kappa shape index (κ2) is 7.31. The largest absolute Gasteiger partial charge is 0.497 e. The molecule has 1 unspecified atom stereocenters. The van der Waals surface area contributed by atoms with Gasteiger partial charge >= 0.3 is 0 Å². The fourth-order valence-corrected chi connectivity index (χ4v) is 4.35. The Balaban J connectivity index is 0.00000220. The standard InChI is InChI=1S/C13H20N2O4S.ClH/c1-18-11-5-6-12(19-2)13(8-11)20(16,17)15-7-3-4-10(15)9-14;/h5-6,8,10H,3-4,7,9,14H2,1-2H3;1H. The van der Waals surface area contributed by atoms with Gasteiger partial charge in [0.1, 0.15) is 16.4 Å². The van der Waals surface area contributed by atoms with Crippen LogP contribution in [0.15, 0.2) is 23.1 Å². The third-order valence-electron chi connectivity index (χ3n) is 3.55. The first kappa shape index (κ1) is 18.0. The molecule has 1 heterocycles. The number of benzene rings is 1. The van der Waals surface area contributed by atoms with Crippen LogP contribution in [0.5, 0.6) is 11.5 Å². The van der Waals surface area contributed by atoms with E-state index >= 15 is 0 Å². The normalized spacial score (nSPS) is 19.1. The average Bonchev–Trinajstić information content (AvgIpc) is 2.95. The Hall–Kier alpha value is -1.02. The first-order valence-electron chi connectivity index (χ1n) is 6.48. The molecule has 1 fully saturated rings. The molecule has 120 valence electrons. The molecule has 0 radical (unpaired) electrons. The lowest BCUT2D eigenvalue weighted by molar-refractivity contribution is 0.374. The average molecular weight is 337 g/mol. The molecule has 1 atom stereocenters. The van der Waals surface area contributed by atoms with Crippen LogP contribution in [0.3, 0.4) is 0 Å². The molecule has 8 heteroatoms. The van der Waals surface area contributed by atoms with Gasteiger partial charge in [-0.25, -0.2) is 8.42 Å². The van der Waals surface area contributed by atoms with Gasteiger partial charge in [-0.05, 0) is 25.0 Å². The summed E-state index contributed by atoms with van der Waals surface area (Å²) < 4.78 is 37.3. The molecule has 0 spiro atoms. The molecule has 0 bridgehead atoms. The van der Waals surface area contributed by atoms with E-state index < -0.39 is 10.0 Å². The molecule has 21 heavy (non-hydrogen) atoms. The number of ether oxygens (including phenoxy) is 2. The minimum atomic E-state index is -3.63. The number of rotatable bonds is 5. The zero-order valence-corrected chi connectivity index (χ0v) is 13.7. The summed E-state index contributed by atoms with van der Waals surface area (Å²) in [7, 11) is -0.681. The summed E-state index contributed by atoms with van der Waals surface area (Å²) >= 11 is 0. The summed E-state index contributed by atoms with van der Waals surface area (Å²) in [5.41, 5.74) is 5.66. The van der Waals surface area contributed by atoms with E-state index in [0.717, 1.165) is 12.8 Å². The van der Waals surface area contributed by atoms with Crippen LogP contribution in [-0.2, 0) is 10.0 Å². The van der Waals surface area contributed by atoms with Crippen molar-refractivity contribution in [1.29, 1.82) is 0 Å². The van der Waals surface area contributed by atoms with Crippen molar-refractivity contribution in [3.05, 3.63) is 18.2 Å². The van der Waals surface area contributed by atoms with Crippen LogP contribution < -0.4 is 15.2 Å². The number of nitrogens with zero attached hydrogens (tertiary/aromatic N) is 1. The molecule has 0 saturated carbocycles. The lowest BCUT2D eigenvalue weighted by atomic mass is 10.2. The molecular formula is C13H21ClN2O4S. The first-order valence-corrected chi connectivity index (χ1v) is 7.92. The van der Waals surface area contributed by atoms with E-state index in [1.807, 2.05) is 0 Å². The molecule has 0 amide bonds. The lowest BCUT2D eigenvalue weighted by Crippen LogP contribution is -2.39. The zero-order chi connectivity index (χ0) is 14.8. The van der Waals surface area contributed by atoms with Gasteiger partial charge in [0.25, 0.3) is 0 Å². The van der Waals surface area contributed by atoms with Gasteiger partial charge in [-0.15, -0.1) is 12.4 Å². The molecule has 1 aliphatic heterocycles. The highest BCUT2D eigenvalue weighted by molar-refractivity contribution is 7.89. The minimum Gasteiger partial charge on any atom is -0.497 e. The first-order chi connectivity index (χ1) is 9.54. The predicted octanol–water partition coefficient (Wildman–Crippen LogP) is 1.24. The van der Waals surface area contributed by atoms with Crippen molar-refractivity contribution >= 4 is 22.4 Å². The van der Waals surface area contributed by atoms with Crippen molar-refractivity contribution in [2.75, 3.05) is 27.3 Å². The van der Waals surface area contributed by atoms with Gasteiger partial charge in [0.05, 0.1) is 14.2 Å². The maximum atomic E-state index is 12.8. The van der Waals surface area contributed by atoms with Crippen LogP contribution in [0.4, 0.5) is 0 Å². The fraction of sp³-hybridized carbons (Fsp3) is 0.538. The molecule has 6 nitrogen and oxygen atoms in total. The molecule has 2 N–H and O–H groups in total. The van der Waals surface area contributed by atoms with Gasteiger partial charge in [0.15, 0.2) is 0 Å². The van der Waals surface area contributed by atoms with Gasteiger partial charge < -0.3 is 15.2 Å². The van der Waals surface area contributed by atoms with Gasteiger partial charge in [-0.1, -0.05) is 0 Å². The van der Waals surface area contributed by atoms with Crippen LogP contribution >= 0.6 is 12.4 Å². The van der Waals surface area contributed by atoms with E-state index in [4.69, 9.17) is 15.2 Å². The van der Waals surface area contributed by atoms with Crippen molar-refractivity contribution in [3.8, 4) is 11.5 Å². The quantitative estimate of drug-likeness (QED) is 0.874. The SMILES string of the molecule is COc1ccc(OC)c(S(=O)(=O)N2CCCC2CN)c1.Cl. The van der Waals surface area contributed by atoms with E-state index in [0.29, 0.717) is 24.6 Å². The molecule has 1 aromatic rings. The molecule has 2 rings (SSSR count). The number of hydrogen-bond donors (Lipinski definition) is 1. The Bertz CT molecular complexity index is 580. The topological polar surface area (TPSA) is 81.9 Å². The monoisotopic (exact) mass is 336 g/mol. The smallest absolute Gasteiger partial charge is 0.247 e. The highest BCUT2D eigenvalue weighted by Crippen LogP contribution is 2.33. The van der Waals surface area contributed by atoms with Crippen LogP contribution in [0.2, 0.25) is 0 Å². The van der Waals surface area contributed by atoms with Crippen molar-refractivity contribution in [3.63, 3.8) is 0 Å². The van der Waals surface area contributed by atoms with Crippen LogP contribution in [0.1, 0.15) is 12.8 Å². The molecule has 1 aromatic carbocycles. The van der Waals surface area contributed by atoms with Gasteiger partial charge in [-0.2, -0.15) is 4.31 Å². The van der Waals surface area contributed by atoms with Crippen molar-refractivity contribution in [2.24, 2.45) is 5.73 Å². The third kappa shape index (κ3) is 3.42. The Morgan fingerprint density at radius 3 is 2.62 bits per heavy atom. The maximum Gasteiger partial charge on any atom is 0.247 e. The minimum absolute atomic E-state index is 0. The number of hydrogen-bond acceptors (Lipinski definition) is 5. The van der Waals surface area contributed by atoms with E-state index in [-0.39, 0.29) is 23.3 Å². The summed E-state index contributed by atoms with van der Waals surface area (Å²) in [6.07, 6.45) is 1.62. The highest BCUT2D eigenvalue weighted by atomic mass is 35.5. The van der Waals surface area contributed by atoms with Crippen molar-refractivity contribution in [2.45, 2.75) is 23.8 Å². The second-order valence-corrected chi connectivity index (χ2v) is 6.52. The van der Waals surface area contributed by atoms with Gasteiger partial charge in [0.2, 0.25) is 10.0 Å². The maximum absolute atomic E-state index is 12.8. The van der Waals surface area contributed by atoms with Gasteiger partial charge in [0, 0.05) is 25.2 Å². The Morgan fingerprint density at radius 2 is 2.05 bits per heavy atom.